The number of ether oxygens (including phenoxy) is 1. The largest absolute Gasteiger partial charge is 0.465 e. The van der Waals surface area contributed by atoms with E-state index >= 15 is 0 Å². The second kappa shape index (κ2) is 6.43. The van der Waals surface area contributed by atoms with Gasteiger partial charge in [-0.3, -0.25) is 4.72 Å². The van der Waals surface area contributed by atoms with Crippen LogP contribution < -0.4 is 4.72 Å². The summed E-state index contributed by atoms with van der Waals surface area (Å²) < 4.78 is 35.5. The van der Waals surface area contributed by atoms with Crippen molar-refractivity contribution in [3.63, 3.8) is 0 Å². The van der Waals surface area contributed by atoms with Crippen LogP contribution in [0, 0.1) is 18.3 Å². The average Bonchev–Trinajstić information content (AvgIpc) is 2.70. The molecule has 1 N–H and O–H groups in total. The third-order valence-electron chi connectivity index (χ3n) is 2.60. The van der Waals surface area contributed by atoms with E-state index in [1.54, 1.807) is 6.07 Å². The summed E-state index contributed by atoms with van der Waals surface area (Å²) in [6.45, 7) is 3.32. The van der Waals surface area contributed by atoms with Crippen LogP contribution in [0.4, 0.5) is 5.88 Å². The number of aryl methyl sites for hydroxylation is 1. The molecular formula is C12H16N2O5S. The van der Waals surface area contributed by atoms with Gasteiger partial charge in [-0.15, -0.1) is 0 Å². The number of nitriles is 1. The topological polar surface area (TPSA) is 109 Å². The molecule has 20 heavy (non-hydrogen) atoms. The molecule has 1 aromatic heterocycles. The van der Waals surface area contributed by atoms with Gasteiger partial charge in [-0.25, -0.2) is 13.2 Å². The molecule has 0 unspecified atom stereocenters. The summed E-state index contributed by atoms with van der Waals surface area (Å²) in [7, 11) is -2.44. The van der Waals surface area contributed by atoms with E-state index in [2.05, 4.69) is 9.46 Å². The van der Waals surface area contributed by atoms with Crippen molar-refractivity contribution in [1.82, 2.24) is 0 Å². The molecule has 1 heterocycles. The zero-order valence-electron chi connectivity index (χ0n) is 11.5. The van der Waals surface area contributed by atoms with Crippen LogP contribution in [0.25, 0.3) is 0 Å². The molecule has 1 aromatic rings. The number of sulfonamides is 1. The highest BCUT2D eigenvalue weighted by Crippen LogP contribution is 2.27. The molecule has 7 nitrogen and oxygen atoms in total. The number of nitrogens with zero attached hydrogens (tertiary/aromatic N) is 1. The maximum Gasteiger partial charge on any atom is 0.342 e. The van der Waals surface area contributed by atoms with Crippen molar-refractivity contribution in [3.05, 3.63) is 16.9 Å². The van der Waals surface area contributed by atoms with E-state index in [9.17, 15) is 13.2 Å². The van der Waals surface area contributed by atoms with Crippen molar-refractivity contribution in [2.45, 2.75) is 26.7 Å². The zero-order chi connectivity index (χ0) is 15.3. The van der Waals surface area contributed by atoms with Gasteiger partial charge in [-0.1, -0.05) is 13.3 Å². The maximum absolute atomic E-state index is 11.8. The highest BCUT2D eigenvalue weighted by molar-refractivity contribution is 7.92. The molecule has 0 radical (unpaired) electrons. The molecule has 0 aliphatic rings. The van der Waals surface area contributed by atoms with Crippen molar-refractivity contribution in [2.75, 3.05) is 17.6 Å². The van der Waals surface area contributed by atoms with Gasteiger partial charge in [0, 0.05) is 0 Å². The molecule has 0 saturated carbocycles. The number of nitrogens with one attached hydrogen (secondary N) is 1. The van der Waals surface area contributed by atoms with E-state index in [1.165, 1.54) is 14.0 Å². The number of unbranched alkanes of at least 4 members (excludes halogenated alkanes) is 1. The maximum atomic E-state index is 11.8. The van der Waals surface area contributed by atoms with E-state index in [1.807, 2.05) is 6.92 Å². The first-order valence-corrected chi connectivity index (χ1v) is 7.63. The number of hydrogen-bond donors (Lipinski definition) is 1. The van der Waals surface area contributed by atoms with Gasteiger partial charge >= 0.3 is 5.97 Å². The van der Waals surface area contributed by atoms with Gasteiger partial charge in [-0.2, -0.15) is 5.26 Å². The summed E-state index contributed by atoms with van der Waals surface area (Å²) >= 11 is 0. The minimum atomic E-state index is -3.61. The summed E-state index contributed by atoms with van der Waals surface area (Å²) in [6.07, 6.45) is 1.21. The quantitative estimate of drug-likeness (QED) is 0.802. The average molecular weight is 300 g/mol. The van der Waals surface area contributed by atoms with Crippen molar-refractivity contribution in [1.29, 1.82) is 5.26 Å². The molecule has 0 atom stereocenters. The Labute approximate surface area is 117 Å². The lowest BCUT2D eigenvalue weighted by atomic mass is 10.1. The predicted octanol–water partition coefficient (Wildman–Crippen LogP) is 1.79. The number of anilines is 1. The van der Waals surface area contributed by atoms with Gasteiger partial charge in [0.15, 0.2) is 0 Å². The van der Waals surface area contributed by atoms with E-state index < -0.39 is 16.0 Å². The molecule has 0 aromatic carbocycles. The molecule has 0 amide bonds. The van der Waals surface area contributed by atoms with Gasteiger partial charge in [-0.05, 0) is 13.3 Å². The Morgan fingerprint density at radius 1 is 1.50 bits per heavy atom. The lowest BCUT2D eigenvalue weighted by Gasteiger charge is -2.04. The summed E-state index contributed by atoms with van der Waals surface area (Å²) in [5.41, 5.74) is -0.238. The molecule has 0 aliphatic carbocycles. The molecule has 0 bridgehead atoms. The van der Waals surface area contributed by atoms with Gasteiger partial charge in [0.05, 0.1) is 12.9 Å². The van der Waals surface area contributed by atoms with Crippen LogP contribution in [-0.4, -0.2) is 27.2 Å². The lowest BCUT2D eigenvalue weighted by molar-refractivity contribution is 0.0598. The number of methoxy groups -OCH3 is 1. The van der Waals surface area contributed by atoms with Gasteiger partial charge in [0.2, 0.25) is 15.9 Å². The van der Waals surface area contributed by atoms with Crippen LogP contribution in [0.3, 0.4) is 0 Å². The van der Waals surface area contributed by atoms with Crippen LogP contribution in [0.2, 0.25) is 0 Å². The number of rotatable bonds is 6. The molecular weight excluding hydrogens is 284 g/mol. The first-order chi connectivity index (χ1) is 9.36. The van der Waals surface area contributed by atoms with Gasteiger partial charge in [0.25, 0.3) is 0 Å². The van der Waals surface area contributed by atoms with E-state index in [-0.39, 0.29) is 28.5 Å². The second-order valence-corrected chi connectivity index (χ2v) is 5.96. The molecule has 110 valence electrons. The number of carbonyl (C=O) groups excluding carboxylic acids is 1. The Morgan fingerprint density at radius 2 is 2.15 bits per heavy atom. The fraction of sp³-hybridized carbons (Fsp3) is 0.500. The van der Waals surface area contributed by atoms with Crippen LogP contribution in [-0.2, 0) is 14.8 Å². The third kappa shape index (κ3) is 3.51. The molecule has 0 fully saturated rings. The number of carbonyl (C=O) groups is 1. The van der Waals surface area contributed by atoms with Crippen LogP contribution in [0.15, 0.2) is 4.42 Å². The third-order valence-corrected chi connectivity index (χ3v) is 3.92. The fourth-order valence-corrected chi connectivity index (χ4v) is 2.79. The first kappa shape index (κ1) is 16.0. The van der Waals surface area contributed by atoms with Crippen molar-refractivity contribution in [2.24, 2.45) is 0 Å². The highest BCUT2D eigenvalue weighted by atomic mass is 32.2. The molecule has 0 spiro atoms. The molecule has 0 saturated heterocycles. The Morgan fingerprint density at radius 3 is 2.65 bits per heavy atom. The van der Waals surface area contributed by atoms with Crippen LogP contribution in [0.5, 0.6) is 0 Å². The standard InChI is InChI=1S/C12H16N2O5S/c1-4-5-6-20(16,17)14-11-9(7-13)10(8(2)19-11)12(15)18-3/h14H,4-6H2,1-3H3. The van der Waals surface area contributed by atoms with Gasteiger partial charge < -0.3 is 9.15 Å². The first-order valence-electron chi connectivity index (χ1n) is 5.98. The SMILES string of the molecule is CCCCS(=O)(=O)Nc1oc(C)c(C(=O)OC)c1C#N. The normalized spacial score (nSPS) is 10.9. The Hall–Kier alpha value is -2.01. The Balaban J connectivity index is 3.16. The molecule has 0 aliphatic heterocycles. The van der Waals surface area contributed by atoms with Crippen LogP contribution in [0.1, 0.15) is 41.4 Å². The minimum Gasteiger partial charge on any atom is -0.465 e. The van der Waals surface area contributed by atoms with Crippen molar-refractivity contribution in [3.8, 4) is 6.07 Å². The predicted molar refractivity (Wildman–Crippen MR) is 71.8 cm³/mol. The number of hydrogen-bond acceptors (Lipinski definition) is 6. The summed E-state index contributed by atoms with van der Waals surface area (Å²) in [5.74, 6) is -0.952. The smallest absolute Gasteiger partial charge is 0.342 e. The number of furan rings is 1. The zero-order valence-corrected chi connectivity index (χ0v) is 12.3. The Kier molecular flexibility index (Phi) is 5.16. The summed E-state index contributed by atoms with van der Waals surface area (Å²) in [5, 5.41) is 9.08. The van der Waals surface area contributed by atoms with E-state index in [4.69, 9.17) is 9.68 Å². The second-order valence-electron chi connectivity index (χ2n) is 4.12. The number of esters is 1. The minimum absolute atomic E-state index is 0.0665. The molecule has 8 heteroatoms. The Bertz CT molecular complexity index is 640. The fourth-order valence-electron chi connectivity index (χ4n) is 1.60. The van der Waals surface area contributed by atoms with Crippen molar-refractivity contribution < 1.29 is 22.4 Å². The highest BCUT2D eigenvalue weighted by Gasteiger charge is 2.26. The lowest BCUT2D eigenvalue weighted by Crippen LogP contribution is -2.17. The van der Waals surface area contributed by atoms with Gasteiger partial charge in [0.1, 0.15) is 23.0 Å². The summed E-state index contributed by atoms with van der Waals surface area (Å²) in [4.78, 5) is 11.6. The van der Waals surface area contributed by atoms with E-state index in [0.717, 1.165) is 6.42 Å². The van der Waals surface area contributed by atoms with Crippen molar-refractivity contribution >= 4 is 21.9 Å². The monoisotopic (exact) mass is 300 g/mol. The van der Waals surface area contributed by atoms with E-state index in [0.29, 0.717) is 6.42 Å². The van der Waals surface area contributed by atoms with Crippen LogP contribution >= 0.6 is 0 Å². The molecule has 1 rings (SSSR count). The summed E-state index contributed by atoms with van der Waals surface area (Å²) in [6, 6.07) is 1.76.